The normalized spacial score (nSPS) is 16.4. The minimum Gasteiger partial charge on any atom is -0.432 e. The summed E-state index contributed by atoms with van der Waals surface area (Å²) in [6.07, 6.45) is 0. The summed E-state index contributed by atoms with van der Waals surface area (Å²) in [5, 5.41) is 18.4. The van der Waals surface area contributed by atoms with Gasteiger partial charge in [0.25, 0.3) is 0 Å². The zero-order valence-electron chi connectivity index (χ0n) is 19.7. The summed E-state index contributed by atoms with van der Waals surface area (Å²) >= 11 is 2.30. The number of halogens is 1. The average molecular weight is 585 g/mol. The number of hydrogen-bond donors (Lipinski definition) is 2. The molecule has 2 aliphatic carbocycles. The molecule has 1 unspecified atom stereocenters. The van der Waals surface area contributed by atoms with Crippen molar-refractivity contribution in [3.05, 3.63) is 107 Å². The van der Waals surface area contributed by atoms with E-state index < -0.39 is 5.41 Å². The molecule has 4 aromatic rings. The molecule has 0 bridgehead atoms. The van der Waals surface area contributed by atoms with Gasteiger partial charge in [-0.3, -0.25) is 0 Å². The van der Waals surface area contributed by atoms with Gasteiger partial charge in [-0.05, 0) is 50.0 Å². The third kappa shape index (κ3) is 3.60. The molecule has 1 atom stereocenters. The lowest BCUT2D eigenvalue weighted by Gasteiger charge is -2.31. The lowest BCUT2D eigenvalue weighted by Crippen LogP contribution is -2.32. The van der Waals surface area contributed by atoms with E-state index in [9.17, 15) is 5.11 Å². The standard InChI is InChI=1S/C29H24B2IO4/c32-31(36-16-14-34)20-10-12-24-22-6-2-4-8-26(22)29(28(24)18-20)25-7-3-1-5-21(25)23-11-9-19(17-27(23)29)30-35-15-13-33/h1-12,17-18,33-34H,13-16H2. The highest BCUT2D eigenvalue weighted by Crippen LogP contribution is 2.62. The summed E-state index contributed by atoms with van der Waals surface area (Å²) in [6, 6.07) is 30.5. The van der Waals surface area contributed by atoms with Crippen LogP contribution in [0.15, 0.2) is 84.9 Å². The molecule has 0 aliphatic heterocycles. The van der Waals surface area contributed by atoms with Crippen LogP contribution in [0, 0.1) is 0 Å². The molecule has 0 fully saturated rings. The smallest absolute Gasteiger partial charge is 0.400 e. The first-order chi connectivity index (χ1) is 17.7. The van der Waals surface area contributed by atoms with Gasteiger partial charge in [0.2, 0.25) is 0 Å². The van der Waals surface area contributed by atoms with Crippen LogP contribution < -0.4 is 10.9 Å². The van der Waals surface area contributed by atoms with Crippen LogP contribution in [0.5, 0.6) is 0 Å². The van der Waals surface area contributed by atoms with Crippen molar-refractivity contribution in [1.82, 2.24) is 0 Å². The lowest BCUT2D eigenvalue weighted by molar-refractivity contribution is 0.208. The molecule has 0 saturated heterocycles. The molecule has 0 heterocycles. The van der Waals surface area contributed by atoms with E-state index in [1.54, 1.807) is 7.48 Å². The average Bonchev–Trinajstić information content (AvgIpc) is 3.38. The highest BCUT2D eigenvalue weighted by molar-refractivity contribution is 14.1. The molecule has 7 heteroatoms. The van der Waals surface area contributed by atoms with Crippen molar-refractivity contribution >= 4 is 45.6 Å². The molecule has 2 aliphatic rings. The van der Waals surface area contributed by atoms with Gasteiger partial charge in [0.15, 0.2) is 0 Å². The van der Waals surface area contributed by atoms with Crippen molar-refractivity contribution in [3.63, 3.8) is 0 Å². The highest BCUT2D eigenvalue weighted by atomic mass is 127. The predicted octanol–water partition coefficient (Wildman–Crippen LogP) is 3.42. The fourth-order valence-corrected chi connectivity index (χ4v) is 6.49. The Morgan fingerprint density at radius 1 is 0.694 bits per heavy atom. The van der Waals surface area contributed by atoms with Crippen LogP contribution in [-0.2, 0) is 14.7 Å². The topological polar surface area (TPSA) is 58.9 Å². The first-order valence-electron chi connectivity index (χ1n) is 12.1. The predicted molar refractivity (Wildman–Crippen MR) is 154 cm³/mol. The number of aliphatic hydroxyl groups is 2. The van der Waals surface area contributed by atoms with Crippen LogP contribution in [0.1, 0.15) is 22.3 Å². The van der Waals surface area contributed by atoms with E-state index >= 15 is 0 Å². The molecule has 1 radical (unpaired) electrons. The molecule has 0 saturated carbocycles. The summed E-state index contributed by atoms with van der Waals surface area (Å²) in [4.78, 5) is 0. The van der Waals surface area contributed by atoms with Gasteiger partial charge in [-0.25, -0.2) is 0 Å². The molecule has 1 spiro atoms. The number of rotatable bonds is 8. The molecule has 177 valence electrons. The SMILES string of the molecule is OCCO[B]c1ccc2c(c1)C1(c3ccccc3-2)c2ccccc2-c2ccc(B(I)OCCO)cc21. The Kier molecular flexibility index (Phi) is 6.52. The molecule has 0 amide bonds. The maximum Gasteiger partial charge on any atom is 0.400 e. The van der Waals surface area contributed by atoms with E-state index in [-0.39, 0.29) is 24.6 Å². The van der Waals surface area contributed by atoms with Gasteiger partial charge in [0, 0.05) is 0 Å². The molecule has 2 N–H and O–H groups in total. The summed E-state index contributed by atoms with van der Waals surface area (Å²) in [7, 11) is 1.73. The van der Waals surface area contributed by atoms with Crippen molar-refractivity contribution < 1.29 is 19.5 Å². The second-order valence-corrected chi connectivity index (χ2v) is 10.2. The van der Waals surface area contributed by atoms with Crippen LogP contribution >= 0.6 is 22.4 Å². The quantitative estimate of drug-likeness (QED) is 0.164. The Bertz CT molecular complexity index is 1430. The second kappa shape index (κ2) is 9.80. The van der Waals surface area contributed by atoms with Gasteiger partial charge in [0.05, 0.1) is 31.8 Å². The molecule has 0 aromatic heterocycles. The number of hydrogen-bond acceptors (Lipinski definition) is 4. The molecule has 4 nitrogen and oxygen atoms in total. The Morgan fingerprint density at radius 3 is 1.94 bits per heavy atom. The fraction of sp³-hybridized carbons (Fsp3) is 0.172. The van der Waals surface area contributed by atoms with E-state index in [1.807, 2.05) is 0 Å². The zero-order chi connectivity index (χ0) is 24.7. The van der Waals surface area contributed by atoms with Crippen LogP contribution in [-0.4, -0.2) is 48.9 Å². The Hall–Kier alpha value is -2.42. The summed E-state index contributed by atoms with van der Waals surface area (Å²) in [5.41, 5.74) is 11.6. The third-order valence-corrected chi connectivity index (χ3v) is 8.26. The van der Waals surface area contributed by atoms with Crippen LogP contribution in [0.2, 0.25) is 0 Å². The Balaban J connectivity index is 1.62. The second-order valence-electron chi connectivity index (χ2n) is 9.07. The molecular formula is C29H24B2IO4. The van der Waals surface area contributed by atoms with Gasteiger partial charge in [-0.1, -0.05) is 90.4 Å². The van der Waals surface area contributed by atoms with Crippen molar-refractivity contribution in [2.45, 2.75) is 5.41 Å². The van der Waals surface area contributed by atoms with Crippen LogP contribution in [0.25, 0.3) is 22.3 Å². The van der Waals surface area contributed by atoms with Crippen LogP contribution in [0.3, 0.4) is 0 Å². The molecule has 36 heavy (non-hydrogen) atoms. The van der Waals surface area contributed by atoms with E-state index in [0.29, 0.717) is 6.61 Å². The van der Waals surface area contributed by atoms with Crippen molar-refractivity contribution in [1.29, 1.82) is 0 Å². The van der Waals surface area contributed by atoms with E-state index in [0.717, 1.165) is 10.9 Å². The van der Waals surface area contributed by atoms with Gasteiger partial charge in [-0.2, -0.15) is 0 Å². The number of benzene rings is 4. The third-order valence-electron chi connectivity index (χ3n) is 7.18. The van der Waals surface area contributed by atoms with Crippen molar-refractivity contribution in [2.75, 3.05) is 26.4 Å². The largest absolute Gasteiger partial charge is 0.432 e. The maximum absolute atomic E-state index is 9.27. The molecule has 6 rings (SSSR count). The monoisotopic (exact) mass is 585 g/mol. The Morgan fingerprint density at radius 2 is 1.28 bits per heavy atom. The van der Waals surface area contributed by atoms with Gasteiger partial charge in [0.1, 0.15) is 0 Å². The fourth-order valence-electron chi connectivity index (χ4n) is 5.85. The number of fused-ring (bicyclic) bond motifs is 10. The number of aliphatic hydroxyl groups excluding tert-OH is 2. The highest BCUT2D eigenvalue weighted by Gasteiger charge is 2.51. The Labute approximate surface area is 225 Å². The van der Waals surface area contributed by atoms with Gasteiger partial charge >= 0.3 is 12.3 Å². The summed E-state index contributed by atoms with van der Waals surface area (Å²) < 4.78 is 11.3. The molecule has 4 aromatic carbocycles. The lowest BCUT2D eigenvalue weighted by atomic mass is 9.68. The first-order valence-corrected chi connectivity index (χ1v) is 13.4. The summed E-state index contributed by atoms with van der Waals surface area (Å²) in [5.74, 6) is 0. The van der Waals surface area contributed by atoms with Crippen LogP contribution in [0.4, 0.5) is 0 Å². The maximum atomic E-state index is 9.27. The van der Waals surface area contributed by atoms with E-state index in [1.165, 1.54) is 44.5 Å². The van der Waals surface area contributed by atoms with Crippen molar-refractivity contribution in [3.8, 4) is 22.3 Å². The summed E-state index contributed by atoms with van der Waals surface area (Å²) in [6.45, 7) is 0.547. The zero-order valence-corrected chi connectivity index (χ0v) is 21.8. The van der Waals surface area contributed by atoms with E-state index in [4.69, 9.17) is 14.4 Å². The van der Waals surface area contributed by atoms with E-state index in [2.05, 4.69) is 107 Å². The van der Waals surface area contributed by atoms with Gasteiger partial charge < -0.3 is 19.5 Å². The minimum atomic E-state index is -0.456. The molecular weight excluding hydrogens is 561 g/mol. The van der Waals surface area contributed by atoms with Crippen molar-refractivity contribution in [2.24, 2.45) is 0 Å². The first kappa shape index (κ1) is 23.9. The van der Waals surface area contributed by atoms with Gasteiger partial charge in [-0.15, -0.1) is 22.4 Å². The minimum absolute atomic E-state index is 0.00178.